The van der Waals surface area contributed by atoms with Gasteiger partial charge in [-0.1, -0.05) is 48.5 Å². The van der Waals surface area contributed by atoms with Gasteiger partial charge in [0, 0.05) is 11.3 Å². The third-order valence-corrected chi connectivity index (χ3v) is 2.93. The van der Waals surface area contributed by atoms with Crippen LogP contribution in [-0.2, 0) is 0 Å². The molecule has 0 aliphatic heterocycles. The molecule has 0 fully saturated rings. The summed E-state index contributed by atoms with van der Waals surface area (Å²) in [6, 6.07) is 21.0. The van der Waals surface area contributed by atoms with E-state index in [4.69, 9.17) is 0 Å². The minimum absolute atomic E-state index is 0.242. The maximum absolute atomic E-state index is 11.8. The van der Waals surface area contributed by atoms with Crippen molar-refractivity contribution >= 4 is 11.4 Å². The largest absolute Gasteiger partial charge is 0.351 e. The van der Waals surface area contributed by atoms with Crippen LogP contribution in [0.25, 0.3) is 11.3 Å². The quantitative estimate of drug-likeness (QED) is 0.763. The zero-order valence-electron chi connectivity index (χ0n) is 10.7. The van der Waals surface area contributed by atoms with E-state index in [1.165, 1.54) is 0 Å². The Kier molecular flexibility index (Phi) is 3.29. The minimum atomic E-state index is -0.242. The highest BCUT2D eigenvalue weighted by atomic mass is 16.1. The molecule has 0 amide bonds. The van der Waals surface area contributed by atoms with Crippen LogP contribution in [0.15, 0.2) is 71.5 Å². The van der Waals surface area contributed by atoms with Crippen molar-refractivity contribution in [3.8, 4) is 11.3 Å². The van der Waals surface area contributed by atoms with E-state index < -0.39 is 0 Å². The molecule has 20 heavy (non-hydrogen) atoms. The molecule has 0 aliphatic rings. The normalized spacial score (nSPS) is 10.2. The van der Waals surface area contributed by atoms with Crippen LogP contribution >= 0.6 is 0 Å². The number of aromatic amines is 1. The number of hydrogen-bond acceptors (Lipinski definition) is 3. The second-order valence-corrected chi connectivity index (χ2v) is 4.35. The van der Waals surface area contributed by atoms with Gasteiger partial charge < -0.3 is 5.32 Å². The van der Waals surface area contributed by atoms with Crippen LogP contribution < -0.4 is 10.9 Å². The van der Waals surface area contributed by atoms with E-state index in [1.54, 1.807) is 6.07 Å². The predicted molar refractivity (Wildman–Crippen MR) is 80.0 cm³/mol. The van der Waals surface area contributed by atoms with Crippen LogP contribution in [0.5, 0.6) is 0 Å². The Morgan fingerprint density at radius 1 is 0.900 bits per heavy atom. The van der Waals surface area contributed by atoms with Crippen molar-refractivity contribution in [1.29, 1.82) is 0 Å². The van der Waals surface area contributed by atoms with E-state index in [-0.39, 0.29) is 5.56 Å². The van der Waals surface area contributed by atoms with Gasteiger partial charge in [0.05, 0.1) is 5.69 Å². The van der Waals surface area contributed by atoms with Gasteiger partial charge in [0.25, 0.3) is 5.56 Å². The molecule has 0 unspecified atom stereocenters. The number of para-hydroxylation sites is 1. The average molecular weight is 263 g/mol. The number of anilines is 2. The third kappa shape index (κ3) is 2.59. The summed E-state index contributed by atoms with van der Waals surface area (Å²) in [7, 11) is 0. The zero-order chi connectivity index (χ0) is 13.8. The lowest BCUT2D eigenvalue weighted by atomic mass is 10.1. The summed E-state index contributed by atoms with van der Waals surface area (Å²) < 4.78 is 0. The molecular weight excluding hydrogens is 250 g/mol. The number of nitrogens with one attached hydrogen (secondary N) is 2. The molecule has 98 valence electrons. The van der Waals surface area contributed by atoms with Crippen molar-refractivity contribution in [2.24, 2.45) is 0 Å². The molecular formula is C16H13N3O. The maximum Gasteiger partial charge on any atom is 0.287 e. The summed E-state index contributed by atoms with van der Waals surface area (Å²) in [5, 5.41) is 9.69. The highest BCUT2D eigenvalue weighted by molar-refractivity contribution is 5.66. The van der Waals surface area contributed by atoms with Crippen molar-refractivity contribution in [2.45, 2.75) is 0 Å². The second kappa shape index (κ2) is 5.40. The van der Waals surface area contributed by atoms with Crippen LogP contribution in [0.4, 0.5) is 11.4 Å². The number of rotatable bonds is 3. The maximum atomic E-state index is 11.8. The van der Waals surface area contributed by atoms with Crippen molar-refractivity contribution in [1.82, 2.24) is 10.2 Å². The smallest absolute Gasteiger partial charge is 0.287 e. The summed E-state index contributed by atoms with van der Waals surface area (Å²) >= 11 is 0. The molecule has 4 heteroatoms. The zero-order valence-corrected chi connectivity index (χ0v) is 10.7. The van der Waals surface area contributed by atoms with E-state index >= 15 is 0 Å². The number of H-pyrrole nitrogens is 1. The SMILES string of the molecule is O=c1[nH]nc(-c2ccccc2)cc1Nc1ccccc1. The fourth-order valence-corrected chi connectivity index (χ4v) is 1.93. The van der Waals surface area contributed by atoms with Gasteiger partial charge >= 0.3 is 0 Å². The van der Waals surface area contributed by atoms with E-state index in [1.807, 2.05) is 60.7 Å². The first-order valence-corrected chi connectivity index (χ1v) is 6.30. The summed E-state index contributed by atoms with van der Waals surface area (Å²) in [5.41, 5.74) is 2.78. The third-order valence-electron chi connectivity index (χ3n) is 2.93. The lowest BCUT2D eigenvalue weighted by Gasteiger charge is -2.06. The molecule has 0 bridgehead atoms. The van der Waals surface area contributed by atoms with Gasteiger partial charge in [0.15, 0.2) is 0 Å². The standard InChI is InChI=1S/C16H13N3O/c20-16-15(17-13-9-5-2-6-10-13)11-14(18-19-16)12-7-3-1-4-8-12/h1-11H,(H,17,18)(H,19,20). The van der Waals surface area contributed by atoms with Gasteiger partial charge in [-0.2, -0.15) is 5.10 Å². The van der Waals surface area contributed by atoms with E-state index in [0.717, 1.165) is 16.9 Å². The van der Waals surface area contributed by atoms with E-state index in [9.17, 15) is 4.79 Å². The predicted octanol–water partition coefficient (Wildman–Crippen LogP) is 3.18. The van der Waals surface area contributed by atoms with Crippen LogP contribution in [0.3, 0.4) is 0 Å². The Morgan fingerprint density at radius 3 is 2.25 bits per heavy atom. The number of nitrogens with zero attached hydrogens (tertiary/aromatic N) is 1. The lowest BCUT2D eigenvalue weighted by molar-refractivity contribution is 0.998. The van der Waals surface area contributed by atoms with Gasteiger partial charge in [0.1, 0.15) is 5.69 Å². The molecule has 0 saturated heterocycles. The van der Waals surface area contributed by atoms with Gasteiger partial charge in [-0.25, -0.2) is 5.10 Å². The first-order chi connectivity index (χ1) is 9.83. The molecule has 2 N–H and O–H groups in total. The first-order valence-electron chi connectivity index (χ1n) is 6.30. The molecule has 0 aliphatic carbocycles. The topological polar surface area (TPSA) is 57.8 Å². The highest BCUT2D eigenvalue weighted by Crippen LogP contribution is 2.19. The van der Waals surface area contributed by atoms with Crippen LogP contribution in [-0.4, -0.2) is 10.2 Å². The van der Waals surface area contributed by atoms with Crippen LogP contribution in [0.1, 0.15) is 0 Å². The van der Waals surface area contributed by atoms with Crippen molar-refractivity contribution in [2.75, 3.05) is 5.32 Å². The Balaban J connectivity index is 1.98. The van der Waals surface area contributed by atoms with Crippen molar-refractivity contribution in [3.63, 3.8) is 0 Å². The fraction of sp³-hybridized carbons (Fsp3) is 0. The molecule has 0 radical (unpaired) electrons. The molecule has 0 saturated carbocycles. The minimum Gasteiger partial charge on any atom is -0.351 e. The molecule has 3 rings (SSSR count). The Bertz CT molecular complexity index is 751. The fourth-order valence-electron chi connectivity index (χ4n) is 1.93. The van der Waals surface area contributed by atoms with Crippen LogP contribution in [0.2, 0.25) is 0 Å². The van der Waals surface area contributed by atoms with Gasteiger partial charge in [-0.05, 0) is 18.2 Å². The summed E-state index contributed by atoms with van der Waals surface area (Å²) in [5.74, 6) is 0. The summed E-state index contributed by atoms with van der Waals surface area (Å²) in [6.45, 7) is 0. The molecule has 2 aromatic carbocycles. The molecule has 1 aromatic heterocycles. The summed E-state index contributed by atoms with van der Waals surface area (Å²) in [6.07, 6.45) is 0. The Morgan fingerprint density at radius 2 is 1.55 bits per heavy atom. The van der Waals surface area contributed by atoms with Gasteiger partial charge in [-0.3, -0.25) is 4.79 Å². The number of benzene rings is 2. The van der Waals surface area contributed by atoms with Gasteiger partial charge in [0.2, 0.25) is 0 Å². The van der Waals surface area contributed by atoms with Gasteiger partial charge in [-0.15, -0.1) is 0 Å². The molecule has 0 spiro atoms. The molecule has 3 aromatic rings. The van der Waals surface area contributed by atoms with E-state index in [0.29, 0.717) is 5.69 Å². The molecule has 0 atom stereocenters. The molecule has 1 heterocycles. The highest BCUT2D eigenvalue weighted by Gasteiger charge is 2.05. The first kappa shape index (κ1) is 12.2. The monoisotopic (exact) mass is 263 g/mol. The number of aromatic nitrogens is 2. The second-order valence-electron chi connectivity index (χ2n) is 4.35. The Hall–Kier alpha value is -2.88. The summed E-state index contributed by atoms with van der Waals surface area (Å²) in [4.78, 5) is 11.8. The van der Waals surface area contributed by atoms with Crippen LogP contribution in [0, 0.1) is 0 Å². The van der Waals surface area contributed by atoms with E-state index in [2.05, 4.69) is 15.5 Å². The lowest BCUT2D eigenvalue weighted by Crippen LogP contribution is -2.13. The average Bonchev–Trinajstić information content (AvgIpc) is 2.51. The van der Waals surface area contributed by atoms with Crippen molar-refractivity contribution in [3.05, 3.63) is 77.1 Å². The number of hydrogen-bond donors (Lipinski definition) is 2. The molecule has 4 nitrogen and oxygen atoms in total. The Labute approximate surface area is 116 Å². The van der Waals surface area contributed by atoms with Crippen molar-refractivity contribution < 1.29 is 0 Å².